The van der Waals surface area contributed by atoms with Crippen molar-refractivity contribution >= 4 is 44.9 Å². The van der Waals surface area contributed by atoms with E-state index in [9.17, 15) is 10.1 Å². The van der Waals surface area contributed by atoms with Crippen LogP contribution in [0.3, 0.4) is 0 Å². The van der Waals surface area contributed by atoms with Gasteiger partial charge in [-0.3, -0.25) is 0 Å². The van der Waals surface area contributed by atoms with Gasteiger partial charge in [0.25, 0.3) is 0 Å². The molecule has 0 unspecified atom stereocenters. The number of aromatic nitrogens is 2. The Morgan fingerprint density at radius 3 is 1.80 bits per heavy atom. The van der Waals surface area contributed by atoms with Crippen molar-refractivity contribution < 1.29 is 14.3 Å². The van der Waals surface area contributed by atoms with Crippen molar-refractivity contribution in [3.63, 3.8) is 0 Å². The van der Waals surface area contributed by atoms with Crippen molar-refractivity contribution in [2.75, 3.05) is 30.6 Å². The molecule has 0 radical (unpaired) electrons. The molecule has 4 aromatic carbocycles. The average Bonchev–Trinajstić information content (AvgIpc) is 3.54. The summed E-state index contributed by atoms with van der Waals surface area (Å²) in [7, 11) is 3.27. The monoisotopic (exact) mass is 598 g/mol. The molecule has 0 fully saturated rings. The van der Waals surface area contributed by atoms with E-state index in [1.165, 1.54) is 0 Å². The van der Waals surface area contributed by atoms with Crippen LogP contribution in [-0.4, -0.2) is 29.4 Å². The Balaban J connectivity index is 1.28. The number of nitrogens with one attached hydrogen (secondary N) is 2. The molecule has 4 N–H and O–H groups in total. The highest BCUT2D eigenvalue weighted by Crippen LogP contribution is 2.39. The van der Waals surface area contributed by atoms with E-state index in [4.69, 9.17) is 15.2 Å². The van der Waals surface area contributed by atoms with Crippen molar-refractivity contribution in [1.82, 2.24) is 9.13 Å². The summed E-state index contributed by atoms with van der Waals surface area (Å²) in [6.07, 6.45) is 0. The Labute approximate surface area is 261 Å². The number of fused-ring (bicyclic) bond motifs is 2. The summed E-state index contributed by atoms with van der Waals surface area (Å²) in [4.78, 5) is 13.2. The third-order valence-electron chi connectivity index (χ3n) is 8.11. The van der Waals surface area contributed by atoms with Crippen LogP contribution in [-0.2, 0) is 13.1 Å². The summed E-state index contributed by atoms with van der Waals surface area (Å²) in [5.74, 6) is 1.48. The van der Waals surface area contributed by atoms with Gasteiger partial charge in [-0.1, -0.05) is 24.3 Å². The summed E-state index contributed by atoms with van der Waals surface area (Å²) in [5, 5.41) is 17.8. The van der Waals surface area contributed by atoms with Crippen LogP contribution in [0.15, 0.2) is 84.9 Å². The van der Waals surface area contributed by atoms with Crippen molar-refractivity contribution in [2.24, 2.45) is 0 Å². The maximum Gasteiger partial charge on any atom is 0.323 e. The minimum Gasteiger partial charge on any atom is -0.497 e. The fraction of sp³-hybridized carbons (Fsp3) is 0.167. The van der Waals surface area contributed by atoms with E-state index in [0.717, 1.165) is 55.8 Å². The second kappa shape index (κ2) is 12.0. The topological polar surface area (TPSA) is 119 Å². The molecular formula is C36H34N6O3. The van der Waals surface area contributed by atoms with Gasteiger partial charge in [0, 0.05) is 58.5 Å². The minimum absolute atomic E-state index is 0.390. The number of anilines is 3. The molecule has 226 valence electrons. The lowest BCUT2D eigenvalue weighted by molar-refractivity contribution is 0.262. The van der Waals surface area contributed by atoms with Gasteiger partial charge in [0.2, 0.25) is 0 Å². The van der Waals surface area contributed by atoms with Crippen LogP contribution in [0.1, 0.15) is 19.4 Å². The molecule has 45 heavy (non-hydrogen) atoms. The number of carbonyl (C=O) groups excluding carboxylic acids is 1. The standard InChI is InChI=1S/C36H34N6O3/c1-5-41-31-19-26(44-3)13-15-28(31)30(21-37)34(41)22-9-7-11-24(17-22)39-36(43)40-25-12-8-10-23(18-25)35-33(38)29-16-14-27(45-4)20-32(29)42(35)6-2/h7-20H,5-6,38H2,1-4H3,(H2,39,40,43). The minimum atomic E-state index is -0.390. The lowest BCUT2D eigenvalue weighted by Gasteiger charge is -2.13. The zero-order valence-electron chi connectivity index (χ0n) is 25.6. The summed E-state index contributed by atoms with van der Waals surface area (Å²) >= 11 is 0. The first-order valence-electron chi connectivity index (χ1n) is 14.8. The van der Waals surface area contributed by atoms with Crippen LogP contribution in [0, 0.1) is 11.3 Å². The molecule has 0 saturated carbocycles. The van der Waals surface area contributed by atoms with Crippen LogP contribution in [0.2, 0.25) is 0 Å². The highest BCUT2D eigenvalue weighted by molar-refractivity contribution is 6.03. The normalized spacial score (nSPS) is 11.0. The summed E-state index contributed by atoms with van der Waals surface area (Å²) in [6, 6.07) is 28.7. The number of hydrogen-bond acceptors (Lipinski definition) is 5. The van der Waals surface area contributed by atoms with E-state index in [-0.39, 0.29) is 6.03 Å². The lowest BCUT2D eigenvalue weighted by Crippen LogP contribution is -2.19. The smallest absolute Gasteiger partial charge is 0.323 e. The average molecular weight is 599 g/mol. The number of carbonyl (C=O) groups is 1. The van der Waals surface area contributed by atoms with Gasteiger partial charge in [-0.2, -0.15) is 5.26 Å². The number of ether oxygens (including phenoxy) is 2. The third-order valence-corrected chi connectivity index (χ3v) is 8.11. The molecule has 2 heterocycles. The zero-order chi connectivity index (χ0) is 31.7. The number of rotatable bonds is 8. The zero-order valence-corrected chi connectivity index (χ0v) is 25.6. The van der Waals surface area contributed by atoms with Crippen LogP contribution in [0.25, 0.3) is 44.3 Å². The molecule has 0 saturated heterocycles. The Morgan fingerprint density at radius 2 is 1.27 bits per heavy atom. The molecule has 0 bridgehead atoms. The van der Waals surface area contributed by atoms with Crippen LogP contribution in [0.4, 0.5) is 21.9 Å². The van der Waals surface area contributed by atoms with Gasteiger partial charge >= 0.3 is 6.03 Å². The number of nitriles is 1. The summed E-state index contributed by atoms with van der Waals surface area (Å²) < 4.78 is 15.1. The number of nitrogen functional groups attached to an aromatic ring is 1. The SMILES string of the molecule is CCn1c(-c2cccc(NC(=O)Nc3cccc(-c4c(C#N)c5ccc(OC)cc5n4CC)c3)c2)c(N)c2ccc(OC)cc21. The second-order valence-corrected chi connectivity index (χ2v) is 10.6. The van der Waals surface area contributed by atoms with Crippen molar-refractivity contribution in [2.45, 2.75) is 26.9 Å². The number of hydrogen-bond donors (Lipinski definition) is 3. The van der Waals surface area contributed by atoms with Crippen molar-refractivity contribution in [1.29, 1.82) is 5.26 Å². The first-order valence-corrected chi connectivity index (χ1v) is 14.8. The molecule has 6 rings (SSSR count). The quantitative estimate of drug-likeness (QED) is 0.164. The van der Waals surface area contributed by atoms with Gasteiger partial charge in [-0.25, -0.2) is 4.79 Å². The van der Waals surface area contributed by atoms with Crippen molar-refractivity contribution in [3.8, 4) is 40.1 Å². The second-order valence-electron chi connectivity index (χ2n) is 10.6. The molecule has 0 spiro atoms. The number of nitrogens with two attached hydrogens (primary N) is 1. The third kappa shape index (κ3) is 5.17. The van der Waals surface area contributed by atoms with Gasteiger partial charge in [0.15, 0.2) is 0 Å². The predicted octanol–water partition coefficient (Wildman–Crippen LogP) is 8.08. The molecule has 0 aliphatic heterocycles. The lowest BCUT2D eigenvalue weighted by atomic mass is 10.1. The van der Waals surface area contributed by atoms with Gasteiger partial charge in [0.05, 0.1) is 47.9 Å². The fourth-order valence-corrected chi connectivity index (χ4v) is 6.10. The summed E-state index contributed by atoms with van der Waals surface area (Å²) in [6.45, 7) is 5.48. The van der Waals surface area contributed by atoms with E-state index < -0.39 is 0 Å². The number of aryl methyl sites for hydroxylation is 2. The van der Waals surface area contributed by atoms with Gasteiger partial charge in [-0.05, 0) is 62.4 Å². The highest BCUT2D eigenvalue weighted by Gasteiger charge is 2.20. The van der Waals surface area contributed by atoms with Crippen LogP contribution < -0.4 is 25.8 Å². The molecular weight excluding hydrogens is 564 g/mol. The van der Waals surface area contributed by atoms with Gasteiger partial charge in [0.1, 0.15) is 17.6 Å². The van der Waals surface area contributed by atoms with E-state index >= 15 is 0 Å². The Bertz CT molecular complexity index is 2120. The number of benzene rings is 4. The summed E-state index contributed by atoms with van der Waals surface area (Å²) in [5.41, 5.74) is 14.4. The number of nitrogens with zero attached hydrogens (tertiary/aromatic N) is 3. The first kappa shape index (κ1) is 29.2. The Hall–Kier alpha value is -5.88. The van der Waals surface area contributed by atoms with E-state index in [1.807, 2.05) is 91.9 Å². The number of urea groups is 1. The van der Waals surface area contributed by atoms with E-state index in [1.54, 1.807) is 14.2 Å². The fourth-order valence-electron chi connectivity index (χ4n) is 6.10. The van der Waals surface area contributed by atoms with Gasteiger partial charge in [-0.15, -0.1) is 0 Å². The highest BCUT2D eigenvalue weighted by atomic mass is 16.5. The molecule has 9 nitrogen and oxygen atoms in total. The molecule has 6 aromatic rings. The van der Waals surface area contributed by atoms with Crippen LogP contribution in [0.5, 0.6) is 11.5 Å². The molecule has 0 atom stereocenters. The molecule has 0 aliphatic rings. The molecule has 2 amide bonds. The van der Waals surface area contributed by atoms with Gasteiger partial charge < -0.3 is 35.0 Å². The maximum absolute atomic E-state index is 13.2. The maximum atomic E-state index is 13.2. The number of amides is 2. The number of methoxy groups -OCH3 is 2. The van der Waals surface area contributed by atoms with E-state index in [2.05, 4.69) is 32.8 Å². The molecule has 9 heteroatoms. The van der Waals surface area contributed by atoms with Crippen molar-refractivity contribution in [3.05, 3.63) is 90.5 Å². The molecule has 0 aliphatic carbocycles. The first-order chi connectivity index (χ1) is 21.9. The predicted molar refractivity (Wildman–Crippen MR) is 181 cm³/mol. The van der Waals surface area contributed by atoms with E-state index in [0.29, 0.717) is 35.7 Å². The van der Waals surface area contributed by atoms with Crippen LogP contribution >= 0.6 is 0 Å². The molecule has 2 aromatic heterocycles. The largest absolute Gasteiger partial charge is 0.497 e. The Kier molecular flexibility index (Phi) is 7.80. The Morgan fingerprint density at radius 1 is 0.756 bits per heavy atom.